The lowest BCUT2D eigenvalue weighted by Gasteiger charge is -2.13. The number of pyridine rings is 2. The van der Waals surface area contributed by atoms with E-state index in [0.29, 0.717) is 16.7 Å². The molecule has 0 aliphatic rings. The lowest BCUT2D eigenvalue weighted by Crippen LogP contribution is -2.24. The highest BCUT2D eigenvalue weighted by Gasteiger charge is 2.18. The quantitative estimate of drug-likeness (QED) is 0.356. The molecule has 0 saturated carbocycles. The van der Waals surface area contributed by atoms with Crippen LogP contribution < -0.4 is 15.5 Å². The number of aromatic amines is 1. The van der Waals surface area contributed by atoms with Gasteiger partial charge in [0.25, 0.3) is 5.91 Å². The van der Waals surface area contributed by atoms with Gasteiger partial charge in [0.1, 0.15) is 23.2 Å². The fraction of sp³-hybridized carbons (Fsp3) is 0. The number of nitrogens with zero attached hydrogens (tertiary/aromatic N) is 4. The van der Waals surface area contributed by atoms with Crippen LogP contribution in [0.15, 0.2) is 96.4 Å². The number of hydrogen-bond donors (Lipinski definition) is 2. The molecular weight excluding hydrogens is 475 g/mol. The van der Waals surface area contributed by atoms with Gasteiger partial charge in [-0.3, -0.25) is 9.59 Å². The van der Waals surface area contributed by atoms with E-state index in [4.69, 9.17) is 4.74 Å². The third-order valence-corrected chi connectivity index (χ3v) is 5.76. The third kappa shape index (κ3) is 4.06. The van der Waals surface area contributed by atoms with Gasteiger partial charge in [0, 0.05) is 36.0 Å². The summed E-state index contributed by atoms with van der Waals surface area (Å²) in [7, 11) is 0. The number of H-pyrrole nitrogens is 1. The second-order valence-electron chi connectivity index (χ2n) is 8.07. The molecule has 0 radical (unpaired) electrons. The highest BCUT2D eigenvalue weighted by molar-refractivity contribution is 6.05. The molecule has 180 valence electrons. The molecule has 0 aliphatic carbocycles. The van der Waals surface area contributed by atoms with Crippen molar-refractivity contribution in [2.45, 2.75) is 0 Å². The molecule has 4 aromatic heterocycles. The first-order valence-electron chi connectivity index (χ1n) is 11.2. The number of amides is 1. The van der Waals surface area contributed by atoms with E-state index in [1.54, 1.807) is 35.2 Å². The van der Waals surface area contributed by atoms with Crippen LogP contribution in [0.4, 0.5) is 10.1 Å². The van der Waals surface area contributed by atoms with Crippen LogP contribution in [0.2, 0.25) is 0 Å². The topological polar surface area (TPSA) is 115 Å². The van der Waals surface area contributed by atoms with Gasteiger partial charge >= 0.3 is 0 Å². The zero-order valence-electron chi connectivity index (χ0n) is 19.1. The fourth-order valence-electron chi connectivity index (χ4n) is 4.00. The average molecular weight is 492 g/mol. The minimum atomic E-state index is -0.718. The van der Waals surface area contributed by atoms with Crippen molar-refractivity contribution in [2.75, 3.05) is 5.32 Å². The Kier molecular flexibility index (Phi) is 5.38. The highest BCUT2D eigenvalue weighted by Crippen LogP contribution is 2.29. The van der Waals surface area contributed by atoms with Gasteiger partial charge in [0.05, 0.1) is 10.8 Å². The maximum Gasteiger partial charge on any atom is 0.261 e. The molecule has 9 nitrogen and oxygen atoms in total. The van der Waals surface area contributed by atoms with Gasteiger partial charge < -0.3 is 19.6 Å². The van der Waals surface area contributed by atoms with Crippen molar-refractivity contribution in [3.8, 4) is 17.3 Å². The molecule has 6 aromatic rings. The van der Waals surface area contributed by atoms with Crippen LogP contribution in [0.25, 0.3) is 27.8 Å². The fourth-order valence-corrected chi connectivity index (χ4v) is 4.00. The van der Waals surface area contributed by atoms with E-state index in [9.17, 15) is 14.0 Å². The summed E-state index contributed by atoms with van der Waals surface area (Å²) in [6.45, 7) is 0. The Hall–Kier alpha value is -5.38. The smallest absolute Gasteiger partial charge is 0.261 e. The molecule has 0 unspecified atom stereocenters. The van der Waals surface area contributed by atoms with Crippen LogP contribution in [0.5, 0.6) is 11.6 Å². The molecule has 1 amide bonds. The molecular formula is C27H17FN6O3. The first kappa shape index (κ1) is 22.1. The van der Waals surface area contributed by atoms with E-state index in [-0.39, 0.29) is 28.3 Å². The van der Waals surface area contributed by atoms with E-state index in [2.05, 4.69) is 25.3 Å². The molecule has 10 heteroatoms. The number of ether oxygens (including phenoxy) is 1. The zero-order valence-corrected chi connectivity index (χ0v) is 19.1. The number of carbonyl (C=O) groups excluding carboxylic acids is 1. The van der Waals surface area contributed by atoms with Gasteiger partial charge in [-0.25, -0.2) is 19.3 Å². The number of hydrogen-bond acceptors (Lipinski definition) is 6. The number of rotatable bonds is 5. The van der Waals surface area contributed by atoms with Crippen LogP contribution in [0, 0.1) is 5.82 Å². The maximum atomic E-state index is 14.9. The van der Waals surface area contributed by atoms with Gasteiger partial charge in [0.2, 0.25) is 11.3 Å². The molecule has 0 bridgehead atoms. The predicted octanol–water partition coefficient (Wildman–Crippen LogP) is 4.84. The Balaban J connectivity index is 1.32. The summed E-state index contributed by atoms with van der Waals surface area (Å²) in [4.78, 5) is 41.7. The number of carbonyl (C=O) groups is 1. The van der Waals surface area contributed by atoms with Crippen molar-refractivity contribution >= 4 is 33.7 Å². The van der Waals surface area contributed by atoms with Crippen LogP contribution in [-0.4, -0.2) is 30.4 Å². The number of benzene rings is 2. The van der Waals surface area contributed by atoms with Crippen molar-refractivity contribution in [1.82, 2.24) is 24.5 Å². The number of nitrogens with one attached hydrogen (secondary N) is 2. The van der Waals surface area contributed by atoms with Crippen molar-refractivity contribution in [3.05, 3.63) is 113 Å². The van der Waals surface area contributed by atoms with Crippen LogP contribution >= 0.6 is 0 Å². The van der Waals surface area contributed by atoms with Crippen molar-refractivity contribution in [1.29, 1.82) is 0 Å². The van der Waals surface area contributed by atoms with Crippen LogP contribution in [-0.2, 0) is 0 Å². The van der Waals surface area contributed by atoms with E-state index < -0.39 is 17.2 Å². The van der Waals surface area contributed by atoms with E-state index in [1.165, 1.54) is 24.7 Å². The normalized spacial score (nSPS) is 11.1. The Morgan fingerprint density at radius 1 is 0.973 bits per heavy atom. The number of fused-ring (bicyclic) bond motifs is 2. The largest absolute Gasteiger partial charge is 0.435 e. The minimum Gasteiger partial charge on any atom is -0.435 e. The second-order valence-corrected chi connectivity index (χ2v) is 8.07. The molecule has 6 rings (SSSR count). The van der Waals surface area contributed by atoms with E-state index in [0.717, 1.165) is 11.8 Å². The second kappa shape index (κ2) is 9.00. The summed E-state index contributed by atoms with van der Waals surface area (Å²) in [5.41, 5.74) is 1.27. The maximum absolute atomic E-state index is 14.9. The summed E-state index contributed by atoms with van der Waals surface area (Å²) < 4.78 is 22.2. The third-order valence-electron chi connectivity index (χ3n) is 5.76. The molecule has 0 saturated heterocycles. The number of anilines is 1. The van der Waals surface area contributed by atoms with Crippen molar-refractivity contribution in [3.63, 3.8) is 0 Å². The molecule has 4 heterocycles. The first-order chi connectivity index (χ1) is 18.1. The average Bonchev–Trinajstić information content (AvgIpc) is 3.41. The standard InChI is InChI=1S/C27H17FN6O3/c28-21-13-16(8-9-22(21)37-27-19-10-12-29-24(19)31-15-32-27)33-26(36)20-14-34(17-5-2-1-3-6-17)25-18(23(20)35)7-4-11-30-25/h1-15H,(H,33,36)(H,29,31,32). The summed E-state index contributed by atoms with van der Waals surface area (Å²) in [6.07, 6.45) is 6.00. The lowest BCUT2D eigenvalue weighted by molar-refractivity contribution is 0.102. The van der Waals surface area contributed by atoms with Gasteiger partial charge in [-0.15, -0.1) is 0 Å². The monoisotopic (exact) mass is 492 g/mol. The summed E-state index contributed by atoms with van der Waals surface area (Å²) in [6, 6.07) is 18.2. The van der Waals surface area contributed by atoms with Crippen molar-refractivity contribution < 1.29 is 13.9 Å². The first-order valence-corrected chi connectivity index (χ1v) is 11.2. The molecule has 0 atom stereocenters. The molecule has 2 aromatic carbocycles. The molecule has 2 N–H and O–H groups in total. The SMILES string of the molecule is O=C(Nc1ccc(Oc2ncnc3[nH]ccc23)c(F)c1)c1cn(-c2ccccc2)c2ncccc2c1=O. The summed E-state index contributed by atoms with van der Waals surface area (Å²) in [5.74, 6) is -1.29. The van der Waals surface area contributed by atoms with Crippen molar-refractivity contribution in [2.24, 2.45) is 0 Å². The number of aromatic nitrogens is 5. The minimum absolute atomic E-state index is 0.0811. The van der Waals surface area contributed by atoms with Gasteiger partial charge in [0.15, 0.2) is 11.6 Å². The Morgan fingerprint density at radius 3 is 2.68 bits per heavy atom. The number of para-hydroxylation sites is 1. The van der Waals surface area contributed by atoms with Crippen LogP contribution in [0.1, 0.15) is 10.4 Å². The van der Waals surface area contributed by atoms with E-state index in [1.807, 2.05) is 30.3 Å². The summed E-state index contributed by atoms with van der Waals surface area (Å²) in [5, 5.41) is 3.48. The Labute approximate surface area is 208 Å². The molecule has 0 spiro atoms. The highest BCUT2D eigenvalue weighted by atomic mass is 19.1. The Morgan fingerprint density at radius 2 is 1.84 bits per heavy atom. The Bertz CT molecular complexity index is 1850. The predicted molar refractivity (Wildman–Crippen MR) is 136 cm³/mol. The van der Waals surface area contributed by atoms with Gasteiger partial charge in [-0.05, 0) is 42.5 Å². The molecule has 0 fully saturated rings. The number of halogens is 1. The molecule has 0 aliphatic heterocycles. The zero-order chi connectivity index (χ0) is 25.4. The summed E-state index contributed by atoms with van der Waals surface area (Å²) >= 11 is 0. The van der Waals surface area contributed by atoms with Gasteiger partial charge in [-0.2, -0.15) is 0 Å². The molecule has 37 heavy (non-hydrogen) atoms. The van der Waals surface area contributed by atoms with E-state index >= 15 is 0 Å². The lowest BCUT2D eigenvalue weighted by atomic mass is 10.1. The van der Waals surface area contributed by atoms with Gasteiger partial charge in [-0.1, -0.05) is 18.2 Å². The van der Waals surface area contributed by atoms with Crippen LogP contribution in [0.3, 0.4) is 0 Å².